The van der Waals surface area contributed by atoms with Crippen molar-refractivity contribution in [1.82, 2.24) is 29.9 Å². The summed E-state index contributed by atoms with van der Waals surface area (Å²) in [5.74, 6) is 3.66. The number of piperidine rings is 2. The maximum absolute atomic E-state index is 5.01. The van der Waals surface area contributed by atoms with Crippen LogP contribution in [-0.2, 0) is 20.0 Å². The van der Waals surface area contributed by atoms with Gasteiger partial charge >= 0.3 is 0 Å². The molecule has 0 bridgehead atoms. The highest BCUT2D eigenvalue weighted by Gasteiger charge is 2.42. The van der Waals surface area contributed by atoms with Crippen molar-refractivity contribution >= 4 is 17.3 Å². The van der Waals surface area contributed by atoms with Crippen LogP contribution in [0.5, 0.6) is 0 Å². The molecule has 2 atom stereocenters. The molecular formula is C23H35N7S. The Hall–Kier alpha value is -1.93. The standard InChI is InChI=1S/C23H35N7S/c1-17-26-27-22(28(17)2)15-25-23(24-11-9-20-6-4-14-31-20)29-13-10-21-18(16-29)5-3-12-30(21)19-7-8-19/h4,6,14,18-19,21H,3,5,7-13,15-16H2,1-2H3,(H,24,25). The summed E-state index contributed by atoms with van der Waals surface area (Å²) in [7, 11) is 2.02. The number of guanidine groups is 1. The van der Waals surface area contributed by atoms with Crippen LogP contribution < -0.4 is 5.32 Å². The van der Waals surface area contributed by atoms with E-state index in [1.165, 1.54) is 43.5 Å². The van der Waals surface area contributed by atoms with Crippen LogP contribution in [0.25, 0.3) is 0 Å². The number of aryl methyl sites for hydroxylation is 1. The highest BCUT2D eigenvalue weighted by Crippen LogP contribution is 2.38. The molecule has 3 aliphatic rings. The van der Waals surface area contributed by atoms with Crippen molar-refractivity contribution in [3.63, 3.8) is 0 Å². The lowest BCUT2D eigenvalue weighted by molar-refractivity contribution is 0.0369. The molecule has 7 nitrogen and oxygen atoms in total. The van der Waals surface area contributed by atoms with E-state index in [0.29, 0.717) is 6.54 Å². The average Bonchev–Trinajstić information content (AvgIpc) is 3.42. The number of fused-ring (bicyclic) bond motifs is 1. The topological polar surface area (TPSA) is 61.6 Å². The Bertz CT molecular complexity index is 886. The number of aliphatic imine (C=N–C) groups is 1. The summed E-state index contributed by atoms with van der Waals surface area (Å²) in [5.41, 5.74) is 0. The van der Waals surface area contributed by atoms with Gasteiger partial charge in [0.15, 0.2) is 11.8 Å². The lowest BCUT2D eigenvalue weighted by Gasteiger charge is -2.48. The summed E-state index contributed by atoms with van der Waals surface area (Å²) in [5, 5.41) is 14.3. The molecule has 1 saturated carbocycles. The first-order chi connectivity index (χ1) is 15.2. The van der Waals surface area contributed by atoms with E-state index < -0.39 is 0 Å². The molecule has 2 unspecified atom stereocenters. The number of likely N-dealkylation sites (tertiary alicyclic amines) is 2. The predicted octanol–water partition coefficient (Wildman–Crippen LogP) is 2.82. The fourth-order valence-corrected chi connectivity index (χ4v) is 5.96. The molecule has 2 aromatic rings. The largest absolute Gasteiger partial charge is 0.356 e. The first kappa shape index (κ1) is 20.9. The van der Waals surface area contributed by atoms with Gasteiger partial charge in [0.25, 0.3) is 0 Å². The molecule has 31 heavy (non-hydrogen) atoms. The van der Waals surface area contributed by atoms with Crippen molar-refractivity contribution in [3.8, 4) is 0 Å². The summed E-state index contributed by atoms with van der Waals surface area (Å²) in [4.78, 5) is 11.8. The molecule has 4 heterocycles. The summed E-state index contributed by atoms with van der Waals surface area (Å²) in [6, 6.07) is 6.01. The van der Waals surface area contributed by atoms with Gasteiger partial charge < -0.3 is 14.8 Å². The van der Waals surface area contributed by atoms with Gasteiger partial charge in [-0.1, -0.05) is 6.07 Å². The quantitative estimate of drug-likeness (QED) is 0.552. The van der Waals surface area contributed by atoms with Crippen molar-refractivity contribution in [3.05, 3.63) is 34.0 Å². The van der Waals surface area contributed by atoms with E-state index in [0.717, 1.165) is 61.7 Å². The monoisotopic (exact) mass is 441 g/mol. The van der Waals surface area contributed by atoms with Gasteiger partial charge in [-0.25, -0.2) is 4.99 Å². The number of rotatable bonds is 6. The average molecular weight is 442 g/mol. The number of hydrogen-bond acceptors (Lipinski definition) is 5. The van der Waals surface area contributed by atoms with Crippen LogP contribution in [0.3, 0.4) is 0 Å². The smallest absolute Gasteiger partial charge is 0.194 e. The third-order valence-corrected chi connectivity index (χ3v) is 8.15. The van der Waals surface area contributed by atoms with Crippen LogP contribution in [0, 0.1) is 12.8 Å². The lowest BCUT2D eigenvalue weighted by atomic mass is 9.83. The number of thiophene rings is 1. The number of hydrogen-bond donors (Lipinski definition) is 1. The summed E-state index contributed by atoms with van der Waals surface area (Å²) >= 11 is 1.83. The third-order valence-electron chi connectivity index (χ3n) is 7.21. The molecule has 2 saturated heterocycles. The number of aromatic nitrogens is 3. The molecule has 2 aromatic heterocycles. The molecular weight excluding hydrogens is 406 g/mol. The SMILES string of the molecule is Cc1nnc(CN=C(NCCc2cccs2)N2CCC3C(CCCN3C3CC3)C2)n1C. The molecule has 168 valence electrons. The van der Waals surface area contributed by atoms with Gasteiger partial charge in [0.2, 0.25) is 0 Å². The third kappa shape index (κ3) is 4.80. The Morgan fingerprint density at radius 1 is 1.23 bits per heavy atom. The highest BCUT2D eigenvalue weighted by atomic mass is 32.1. The zero-order chi connectivity index (χ0) is 21.2. The Morgan fingerprint density at radius 3 is 2.87 bits per heavy atom. The Kier molecular flexibility index (Phi) is 6.27. The number of nitrogens with one attached hydrogen (secondary N) is 1. The van der Waals surface area contributed by atoms with E-state index in [9.17, 15) is 0 Å². The second kappa shape index (κ2) is 9.28. The van der Waals surface area contributed by atoms with Crippen LogP contribution in [-0.4, -0.2) is 68.8 Å². The fourth-order valence-electron chi connectivity index (χ4n) is 5.25. The Balaban J connectivity index is 1.27. The van der Waals surface area contributed by atoms with E-state index in [1.54, 1.807) is 0 Å². The summed E-state index contributed by atoms with van der Waals surface area (Å²) in [6.07, 6.45) is 7.84. The molecule has 0 amide bonds. The van der Waals surface area contributed by atoms with Crippen molar-refractivity contribution in [2.45, 2.75) is 64.1 Å². The van der Waals surface area contributed by atoms with Crippen molar-refractivity contribution < 1.29 is 0 Å². The molecule has 3 fully saturated rings. The van der Waals surface area contributed by atoms with Crippen LogP contribution in [0.1, 0.15) is 48.6 Å². The van der Waals surface area contributed by atoms with E-state index in [2.05, 4.69) is 42.8 Å². The van der Waals surface area contributed by atoms with Gasteiger partial charge in [-0.3, -0.25) is 4.90 Å². The molecule has 8 heteroatoms. The van der Waals surface area contributed by atoms with Gasteiger partial charge in [-0.2, -0.15) is 0 Å². The fraction of sp³-hybridized carbons (Fsp3) is 0.696. The van der Waals surface area contributed by atoms with Gasteiger partial charge in [0, 0.05) is 43.6 Å². The van der Waals surface area contributed by atoms with E-state index in [4.69, 9.17) is 4.99 Å². The molecule has 1 aliphatic carbocycles. The number of nitrogens with zero attached hydrogens (tertiary/aromatic N) is 6. The summed E-state index contributed by atoms with van der Waals surface area (Å²) in [6.45, 7) is 6.99. The molecule has 0 spiro atoms. The highest BCUT2D eigenvalue weighted by molar-refractivity contribution is 7.09. The van der Waals surface area contributed by atoms with E-state index in [-0.39, 0.29) is 0 Å². The van der Waals surface area contributed by atoms with Gasteiger partial charge in [0.05, 0.1) is 0 Å². The zero-order valence-corrected chi connectivity index (χ0v) is 19.7. The van der Waals surface area contributed by atoms with Crippen LogP contribution >= 0.6 is 11.3 Å². The van der Waals surface area contributed by atoms with Gasteiger partial charge in [-0.05, 0) is 69.4 Å². The Morgan fingerprint density at radius 2 is 2.13 bits per heavy atom. The first-order valence-corrected chi connectivity index (χ1v) is 12.7. The molecule has 5 rings (SSSR count). The second-order valence-corrected chi connectivity index (χ2v) is 10.3. The maximum Gasteiger partial charge on any atom is 0.194 e. The van der Waals surface area contributed by atoms with Crippen molar-refractivity contribution in [2.24, 2.45) is 18.0 Å². The normalized spacial score (nSPS) is 25.0. The van der Waals surface area contributed by atoms with E-state index in [1.807, 2.05) is 29.9 Å². The minimum Gasteiger partial charge on any atom is -0.356 e. The van der Waals surface area contributed by atoms with Crippen molar-refractivity contribution in [2.75, 3.05) is 26.2 Å². The van der Waals surface area contributed by atoms with Crippen LogP contribution in [0.4, 0.5) is 0 Å². The Labute approximate surface area is 189 Å². The first-order valence-electron chi connectivity index (χ1n) is 11.9. The predicted molar refractivity (Wildman–Crippen MR) is 125 cm³/mol. The van der Waals surface area contributed by atoms with Gasteiger partial charge in [0.1, 0.15) is 12.4 Å². The summed E-state index contributed by atoms with van der Waals surface area (Å²) < 4.78 is 2.04. The minimum atomic E-state index is 0.567. The van der Waals surface area contributed by atoms with E-state index >= 15 is 0 Å². The molecule has 0 radical (unpaired) electrons. The molecule has 2 aliphatic heterocycles. The van der Waals surface area contributed by atoms with Crippen LogP contribution in [0.15, 0.2) is 22.5 Å². The molecule has 0 aromatic carbocycles. The minimum absolute atomic E-state index is 0.567. The second-order valence-electron chi connectivity index (χ2n) is 9.29. The lowest BCUT2D eigenvalue weighted by Crippen LogP contribution is -2.57. The van der Waals surface area contributed by atoms with Crippen molar-refractivity contribution in [1.29, 1.82) is 0 Å². The zero-order valence-electron chi connectivity index (χ0n) is 18.8. The van der Waals surface area contributed by atoms with Crippen LogP contribution in [0.2, 0.25) is 0 Å². The molecule has 1 N–H and O–H groups in total. The van der Waals surface area contributed by atoms with Gasteiger partial charge in [-0.15, -0.1) is 21.5 Å². The maximum atomic E-state index is 5.01.